The lowest BCUT2D eigenvalue weighted by molar-refractivity contribution is 0.175. The number of nitrogens with one attached hydrogen (secondary N) is 1. The monoisotopic (exact) mass is 291 g/mol. The van der Waals surface area contributed by atoms with Crippen molar-refractivity contribution in [2.24, 2.45) is 18.4 Å². The first-order valence-corrected chi connectivity index (χ1v) is 8.77. The quantitative estimate of drug-likeness (QED) is 0.829. The molecular formula is C18H33N3. The molecule has 1 aliphatic rings. The molecule has 0 bridgehead atoms. The normalized spacial score (nSPS) is 18.3. The molecular weight excluding hydrogens is 258 g/mol. The Balaban J connectivity index is 2.05. The Morgan fingerprint density at radius 3 is 2.57 bits per heavy atom. The predicted molar refractivity (Wildman–Crippen MR) is 89.5 cm³/mol. The fraction of sp³-hybridized carbons (Fsp3) is 0.833. The minimum Gasteiger partial charge on any atom is -0.316 e. The van der Waals surface area contributed by atoms with Crippen molar-refractivity contribution in [3.05, 3.63) is 17.5 Å². The van der Waals surface area contributed by atoms with Gasteiger partial charge in [-0.25, -0.2) is 0 Å². The van der Waals surface area contributed by atoms with Crippen LogP contribution in [0.5, 0.6) is 0 Å². The topological polar surface area (TPSA) is 29.9 Å². The van der Waals surface area contributed by atoms with Crippen molar-refractivity contribution >= 4 is 0 Å². The lowest BCUT2D eigenvalue weighted by Crippen LogP contribution is -2.39. The number of nitrogens with zero attached hydrogens (tertiary/aromatic N) is 2. The van der Waals surface area contributed by atoms with Gasteiger partial charge in [0.15, 0.2) is 0 Å². The summed E-state index contributed by atoms with van der Waals surface area (Å²) in [5.41, 5.74) is 3.10. The van der Waals surface area contributed by atoms with E-state index in [1.807, 2.05) is 0 Å². The van der Waals surface area contributed by atoms with Gasteiger partial charge < -0.3 is 5.32 Å². The molecule has 2 rings (SSSR count). The molecule has 0 aliphatic heterocycles. The molecule has 0 saturated heterocycles. The van der Waals surface area contributed by atoms with Crippen LogP contribution >= 0.6 is 0 Å². The van der Waals surface area contributed by atoms with E-state index in [-0.39, 0.29) is 0 Å². The van der Waals surface area contributed by atoms with Crippen molar-refractivity contribution in [3.8, 4) is 0 Å². The van der Waals surface area contributed by atoms with Gasteiger partial charge in [0, 0.05) is 19.3 Å². The zero-order valence-electron chi connectivity index (χ0n) is 14.4. The number of hydrogen-bond acceptors (Lipinski definition) is 2. The van der Waals surface area contributed by atoms with E-state index in [2.05, 4.69) is 49.0 Å². The molecule has 0 aromatic carbocycles. The van der Waals surface area contributed by atoms with E-state index in [4.69, 9.17) is 0 Å². The molecule has 0 unspecified atom stereocenters. The Kier molecular flexibility index (Phi) is 5.86. The average Bonchev–Trinajstić information content (AvgIpc) is 2.80. The van der Waals surface area contributed by atoms with E-state index < -0.39 is 0 Å². The Labute approximate surface area is 130 Å². The van der Waals surface area contributed by atoms with Crippen LogP contribution < -0.4 is 5.32 Å². The van der Waals surface area contributed by atoms with Gasteiger partial charge in [-0.05, 0) is 49.6 Å². The summed E-state index contributed by atoms with van der Waals surface area (Å²) in [6.07, 6.45) is 9.14. The van der Waals surface area contributed by atoms with E-state index in [0.717, 1.165) is 25.4 Å². The standard InChI is InChI=1S/C18H33N3/c1-5-16-11-17(21(4)20-16)12-18(9-7-6-8-10-18)14-19-13-15(2)3/h11,15,19H,5-10,12-14H2,1-4H3. The van der Waals surface area contributed by atoms with Crippen LogP contribution in [0.25, 0.3) is 0 Å². The smallest absolute Gasteiger partial charge is 0.0624 e. The van der Waals surface area contributed by atoms with E-state index >= 15 is 0 Å². The first kappa shape index (κ1) is 16.5. The third-order valence-electron chi connectivity index (χ3n) is 4.91. The molecule has 1 aliphatic carbocycles. The Morgan fingerprint density at radius 1 is 1.29 bits per heavy atom. The summed E-state index contributed by atoms with van der Waals surface area (Å²) in [5, 5.41) is 8.36. The largest absolute Gasteiger partial charge is 0.316 e. The second-order valence-corrected chi connectivity index (χ2v) is 7.37. The van der Waals surface area contributed by atoms with Crippen LogP contribution in [0, 0.1) is 11.3 Å². The maximum absolute atomic E-state index is 4.63. The molecule has 1 saturated carbocycles. The van der Waals surface area contributed by atoms with E-state index in [1.165, 1.54) is 49.9 Å². The molecule has 120 valence electrons. The summed E-state index contributed by atoms with van der Waals surface area (Å²) in [5.74, 6) is 0.731. The summed E-state index contributed by atoms with van der Waals surface area (Å²) in [4.78, 5) is 0. The van der Waals surface area contributed by atoms with Crippen LogP contribution in [0.2, 0.25) is 0 Å². The molecule has 1 fully saturated rings. The number of aryl methyl sites for hydroxylation is 2. The van der Waals surface area contributed by atoms with Gasteiger partial charge in [0.25, 0.3) is 0 Å². The summed E-state index contributed by atoms with van der Waals surface area (Å²) in [6, 6.07) is 2.32. The summed E-state index contributed by atoms with van der Waals surface area (Å²) < 4.78 is 2.11. The van der Waals surface area contributed by atoms with E-state index in [9.17, 15) is 0 Å². The first-order chi connectivity index (χ1) is 10.0. The van der Waals surface area contributed by atoms with Crippen molar-refractivity contribution in [2.75, 3.05) is 13.1 Å². The third kappa shape index (κ3) is 4.57. The van der Waals surface area contributed by atoms with Crippen molar-refractivity contribution in [2.45, 2.75) is 65.7 Å². The van der Waals surface area contributed by atoms with Crippen molar-refractivity contribution in [1.82, 2.24) is 15.1 Å². The van der Waals surface area contributed by atoms with Crippen LogP contribution in [-0.4, -0.2) is 22.9 Å². The lowest BCUT2D eigenvalue weighted by Gasteiger charge is -2.38. The highest BCUT2D eigenvalue weighted by Crippen LogP contribution is 2.38. The summed E-state index contributed by atoms with van der Waals surface area (Å²) in [6.45, 7) is 9.06. The SMILES string of the molecule is CCc1cc(CC2(CNCC(C)C)CCCCC2)n(C)n1. The third-order valence-corrected chi connectivity index (χ3v) is 4.91. The van der Waals surface area contributed by atoms with Gasteiger partial charge >= 0.3 is 0 Å². The minimum atomic E-state index is 0.450. The van der Waals surface area contributed by atoms with Crippen molar-refractivity contribution in [3.63, 3.8) is 0 Å². The van der Waals surface area contributed by atoms with E-state index in [0.29, 0.717) is 5.41 Å². The van der Waals surface area contributed by atoms with Crippen molar-refractivity contribution < 1.29 is 0 Å². The van der Waals surface area contributed by atoms with Gasteiger partial charge in [0.1, 0.15) is 0 Å². The van der Waals surface area contributed by atoms with Crippen molar-refractivity contribution in [1.29, 1.82) is 0 Å². The Morgan fingerprint density at radius 2 is 2.00 bits per heavy atom. The summed E-state index contributed by atoms with van der Waals surface area (Å²) in [7, 11) is 2.10. The number of hydrogen-bond donors (Lipinski definition) is 1. The zero-order chi connectivity index (χ0) is 15.3. The second-order valence-electron chi connectivity index (χ2n) is 7.37. The fourth-order valence-electron chi connectivity index (χ4n) is 3.64. The molecule has 1 aromatic rings. The van der Waals surface area contributed by atoms with E-state index in [1.54, 1.807) is 0 Å². The summed E-state index contributed by atoms with van der Waals surface area (Å²) >= 11 is 0. The molecule has 21 heavy (non-hydrogen) atoms. The van der Waals surface area contributed by atoms with Gasteiger partial charge in [0.05, 0.1) is 5.69 Å². The Hall–Kier alpha value is -0.830. The zero-order valence-corrected chi connectivity index (χ0v) is 14.4. The first-order valence-electron chi connectivity index (χ1n) is 8.77. The molecule has 3 nitrogen and oxygen atoms in total. The number of aromatic nitrogens is 2. The second kappa shape index (κ2) is 7.44. The highest BCUT2D eigenvalue weighted by Gasteiger charge is 2.33. The molecule has 0 amide bonds. The minimum absolute atomic E-state index is 0.450. The molecule has 1 N–H and O–H groups in total. The van der Waals surface area contributed by atoms with Crippen LogP contribution in [0.1, 0.15) is 64.3 Å². The average molecular weight is 291 g/mol. The number of rotatable bonds is 7. The fourth-order valence-corrected chi connectivity index (χ4v) is 3.64. The van der Waals surface area contributed by atoms with Crippen LogP contribution in [0.3, 0.4) is 0 Å². The van der Waals surface area contributed by atoms with Gasteiger partial charge in [-0.3, -0.25) is 4.68 Å². The molecule has 0 spiro atoms. The maximum atomic E-state index is 4.63. The maximum Gasteiger partial charge on any atom is 0.0624 e. The van der Waals surface area contributed by atoms with Crippen LogP contribution in [-0.2, 0) is 19.9 Å². The van der Waals surface area contributed by atoms with Gasteiger partial charge in [0.2, 0.25) is 0 Å². The molecule has 1 heterocycles. The highest BCUT2D eigenvalue weighted by atomic mass is 15.3. The lowest BCUT2D eigenvalue weighted by atomic mass is 9.71. The molecule has 1 aromatic heterocycles. The predicted octanol–water partition coefficient (Wildman–Crippen LogP) is 3.72. The van der Waals surface area contributed by atoms with Crippen LogP contribution in [0.15, 0.2) is 6.07 Å². The Bertz CT molecular complexity index is 428. The van der Waals surface area contributed by atoms with Gasteiger partial charge in [-0.1, -0.05) is 40.0 Å². The van der Waals surface area contributed by atoms with Crippen LogP contribution in [0.4, 0.5) is 0 Å². The molecule has 3 heteroatoms. The molecule has 0 radical (unpaired) electrons. The highest BCUT2D eigenvalue weighted by molar-refractivity contribution is 5.13. The van der Waals surface area contributed by atoms with Gasteiger partial charge in [-0.15, -0.1) is 0 Å². The molecule has 0 atom stereocenters. The van der Waals surface area contributed by atoms with Gasteiger partial charge in [-0.2, -0.15) is 5.10 Å².